The molecule has 31 heavy (non-hydrogen) atoms. The number of para-hydroxylation sites is 1. The number of hydrogen-bond donors (Lipinski definition) is 2. The predicted octanol–water partition coefficient (Wildman–Crippen LogP) is 4.17. The molecule has 1 aliphatic rings. The minimum absolute atomic E-state index is 0.0384. The first kappa shape index (κ1) is 22.8. The smallest absolute Gasteiger partial charge is 0.321 e. The topological polar surface area (TPSA) is 64.7 Å². The molecule has 2 aromatic rings. The highest BCUT2D eigenvalue weighted by atomic mass is 16.2. The van der Waals surface area contributed by atoms with E-state index in [0.717, 1.165) is 50.3 Å². The third-order valence-corrected chi connectivity index (χ3v) is 5.96. The summed E-state index contributed by atoms with van der Waals surface area (Å²) in [5.74, 6) is 0.196. The fourth-order valence-electron chi connectivity index (χ4n) is 4.06. The zero-order valence-electron chi connectivity index (χ0n) is 18.6. The van der Waals surface area contributed by atoms with Crippen LogP contribution >= 0.6 is 0 Å². The van der Waals surface area contributed by atoms with Crippen molar-refractivity contribution in [1.29, 1.82) is 0 Å². The molecule has 3 rings (SSSR count). The standard InChI is InChI=1S/C25H34N4O2/c1-3-28(4-2)17-15-26-24(30)21-11-8-10-20(18-21)22-12-9-16-29(19-22)25(31)27-23-13-6-5-7-14-23/h5-8,10-11,13-14,18,22H,3-4,9,12,15-17,19H2,1-2H3,(H,26,30)(H,27,31)/t22-/m0/s1. The lowest BCUT2D eigenvalue weighted by molar-refractivity contribution is 0.0948. The van der Waals surface area contributed by atoms with Gasteiger partial charge in [-0.25, -0.2) is 4.79 Å². The number of urea groups is 1. The van der Waals surface area contributed by atoms with E-state index >= 15 is 0 Å². The van der Waals surface area contributed by atoms with E-state index in [4.69, 9.17) is 0 Å². The Morgan fingerprint density at radius 1 is 1.06 bits per heavy atom. The molecule has 1 heterocycles. The molecule has 1 atom stereocenters. The van der Waals surface area contributed by atoms with Gasteiger partial charge in [0.25, 0.3) is 5.91 Å². The number of anilines is 1. The van der Waals surface area contributed by atoms with E-state index in [9.17, 15) is 9.59 Å². The molecule has 6 heteroatoms. The lowest BCUT2D eigenvalue weighted by atomic mass is 9.89. The van der Waals surface area contributed by atoms with Crippen LogP contribution in [-0.2, 0) is 0 Å². The molecule has 0 aromatic heterocycles. The van der Waals surface area contributed by atoms with Crippen molar-refractivity contribution in [3.05, 3.63) is 65.7 Å². The second-order valence-electron chi connectivity index (χ2n) is 7.99. The van der Waals surface area contributed by atoms with Gasteiger partial charge in [-0.2, -0.15) is 0 Å². The van der Waals surface area contributed by atoms with E-state index in [2.05, 4.69) is 35.4 Å². The maximum absolute atomic E-state index is 12.7. The van der Waals surface area contributed by atoms with Crippen LogP contribution in [0.25, 0.3) is 0 Å². The van der Waals surface area contributed by atoms with Crippen LogP contribution in [0.2, 0.25) is 0 Å². The lowest BCUT2D eigenvalue weighted by Gasteiger charge is -2.33. The number of likely N-dealkylation sites (tertiary alicyclic amines) is 1. The minimum atomic E-state index is -0.0683. The molecule has 166 valence electrons. The quantitative estimate of drug-likeness (QED) is 0.671. The van der Waals surface area contributed by atoms with Crippen molar-refractivity contribution in [2.24, 2.45) is 0 Å². The zero-order chi connectivity index (χ0) is 22.1. The van der Waals surface area contributed by atoms with E-state index in [1.54, 1.807) is 0 Å². The fourth-order valence-corrected chi connectivity index (χ4v) is 4.06. The number of carbonyl (C=O) groups excluding carboxylic acids is 2. The highest BCUT2D eigenvalue weighted by Gasteiger charge is 2.25. The van der Waals surface area contributed by atoms with E-state index in [0.29, 0.717) is 18.7 Å². The van der Waals surface area contributed by atoms with Crippen LogP contribution in [0.4, 0.5) is 10.5 Å². The summed E-state index contributed by atoms with van der Waals surface area (Å²) in [7, 11) is 0. The number of nitrogens with one attached hydrogen (secondary N) is 2. The van der Waals surface area contributed by atoms with Crippen LogP contribution in [0.3, 0.4) is 0 Å². The molecule has 2 aromatic carbocycles. The Morgan fingerprint density at radius 3 is 2.58 bits per heavy atom. The van der Waals surface area contributed by atoms with Gasteiger partial charge in [0.05, 0.1) is 0 Å². The van der Waals surface area contributed by atoms with Crippen molar-refractivity contribution in [2.45, 2.75) is 32.6 Å². The Kier molecular flexibility index (Phi) is 8.47. The van der Waals surface area contributed by atoms with Crippen LogP contribution < -0.4 is 10.6 Å². The van der Waals surface area contributed by atoms with E-state index in [1.165, 1.54) is 0 Å². The van der Waals surface area contributed by atoms with Gasteiger partial charge in [0.1, 0.15) is 0 Å². The average Bonchev–Trinajstić information content (AvgIpc) is 2.82. The summed E-state index contributed by atoms with van der Waals surface area (Å²) in [5, 5.41) is 6.00. The highest BCUT2D eigenvalue weighted by Crippen LogP contribution is 2.28. The number of rotatable bonds is 8. The molecule has 2 N–H and O–H groups in total. The molecule has 0 saturated carbocycles. The van der Waals surface area contributed by atoms with Gasteiger partial charge in [-0.15, -0.1) is 0 Å². The van der Waals surface area contributed by atoms with Crippen LogP contribution in [0.5, 0.6) is 0 Å². The number of benzene rings is 2. The summed E-state index contributed by atoms with van der Waals surface area (Å²) >= 11 is 0. The monoisotopic (exact) mass is 422 g/mol. The van der Waals surface area contributed by atoms with Gasteiger partial charge in [0.2, 0.25) is 0 Å². The highest BCUT2D eigenvalue weighted by molar-refractivity contribution is 5.94. The van der Waals surface area contributed by atoms with Crippen molar-refractivity contribution in [1.82, 2.24) is 15.1 Å². The SMILES string of the molecule is CCN(CC)CCNC(=O)c1cccc([C@H]2CCCN(C(=O)Nc3ccccc3)C2)c1. The van der Waals surface area contributed by atoms with Crippen LogP contribution in [0, 0.1) is 0 Å². The summed E-state index contributed by atoms with van der Waals surface area (Å²) in [6.45, 7) is 9.13. The third-order valence-electron chi connectivity index (χ3n) is 5.96. The maximum atomic E-state index is 12.7. The van der Waals surface area contributed by atoms with Gasteiger partial charge in [0, 0.05) is 43.3 Å². The average molecular weight is 423 g/mol. The zero-order valence-corrected chi connectivity index (χ0v) is 18.6. The Bertz CT molecular complexity index is 852. The summed E-state index contributed by atoms with van der Waals surface area (Å²) in [6.07, 6.45) is 1.97. The third kappa shape index (κ3) is 6.56. The van der Waals surface area contributed by atoms with Crippen molar-refractivity contribution < 1.29 is 9.59 Å². The molecule has 3 amide bonds. The Balaban J connectivity index is 1.58. The Labute approximate surface area is 185 Å². The molecule has 6 nitrogen and oxygen atoms in total. The number of amides is 3. The predicted molar refractivity (Wildman–Crippen MR) is 126 cm³/mol. The van der Waals surface area contributed by atoms with Crippen molar-refractivity contribution in [2.75, 3.05) is 44.6 Å². The second kappa shape index (κ2) is 11.5. The van der Waals surface area contributed by atoms with E-state index < -0.39 is 0 Å². The second-order valence-corrected chi connectivity index (χ2v) is 7.99. The first-order valence-electron chi connectivity index (χ1n) is 11.3. The molecule has 0 unspecified atom stereocenters. The number of likely N-dealkylation sites (N-methyl/N-ethyl adjacent to an activating group) is 1. The number of carbonyl (C=O) groups is 2. The summed E-state index contributed by atoms with van der Waals surface area (Å²) in [4.78, 5) is 29.5. The molecule has 1 saturated heterocycles. The molecular formula is C25H34N4O2. The largest absolute Gasteiger partial charge is 0.351 e. The molecule has 0 radical (unpaired) electrons. The number of hydrogen-bond acceptors (Lipinski definition) is 3. The maximum Gasteiger partial charge on any atom is 0.321 e. The first-order chi connectivity index (χ1) is 15.1. The molecule has 0 spiro atoms. The minimum Gasteiger partial charge on any atom is -0.351 e. The Morgan fingerprint density at radius 2 is 1.84 bits per heavy atom. The van der Waals surface area contributed by atoms with Crippen molar-refractivity contribution in [3.63, 3.8) is 0 Å². The Hall–Kier alpha value is -2.86. The van der Waals surface area contributed by atoms with Crippen LogP contribution in [0.15, 0.2) is 54.6 Å². The summed E-state index contributed by atoms with van der Waals surface area (Å²) < 4.78 is 0. The number of piperidine rings is 1. The van der Waals surface area contributed by atoms with Gasteiger partial charge in [-0.3, -0.25) is 4.79 Å². The fraction of sp³-hybridized carbons (Fsp3) is 0.440. The van der Waals surface area contributed by atoms with E-state index in [-0.39, 0.29) is 17.9 Å². The van der Waals surface area contributed by atoms with Gasteiger partial charge in [-0.05, 0) is 55.8 Å². The normalized spacial score (nSPS) is 16.2. The van der Waals surface area contributed by atoms with Crippen LogP contribution in [0.1, 0.15) is 48.5 Å². The molecule has 0 bridgehead atoms. The van der Waals surface area contributed by atoms with Gasteiger partial charge in [0.15, 0.2) is 0 Å². The molecular weight excluding hydrogens is 388 g/mol. The van der Waals surface area contributed by atoms with Crippen molar-refractivity contribution in [3.8, 4) is 0 Å². The molecule has 1 fully saturated rings. The van der Waals surface area contributed by atoms with Gasteiger partial charge in [-0.1, -0.05) is 44.2 Å². The summed E-state index contributed by atoms with van der Waals surface area (Å²) in [6, 6.07) is 17.3. The molecule has 1 aliphatic heterocycles. The van der Waals surface area contributed by atoms with Gasteiger partial charge >= 0.3 is 6.03 Å². The van der Waals surface area contributed by atoms with Gasteiger partial charge < -0.3 is 20.4 Å². The summed E-state index contributed by atoms with van der Waals surface area (Å²) in [5.41, 5.74) is 2.61. The number of nitrogens with zero attached hydrogens (tertiary/aromatic N) is 2. The van der Waals surface area contributed by atoms with Crippen molar-refractivity contribution >= 4 is 17.6 Å². The van der Waals surface area contributed by atoms with Crippen LogP contribution in [-0.4, -0.2) is 61.0 Å². The molecule has 0 aliphatic carbocycles. The lowest BCUT2D eigenvalue weighted by Crippen LogP contribution is -2.41. The first-order valence-corrected chi connectivity index (χ1v) is 11.3. The van der Waals surface area contributed by atoms with E-state index in [1.807, 2.05) is 53.4 Å².